The second-order valence-corrected chi connectivity index (χ2v) is 18.2. The third-order valence-corrected chi connectivity index (χ3v) is 13.1. The fraction of sp³-hybridized carbons (Fsp3) is 0.345. The first-order valence-electron chi connectivity index (χ1n) is 25.5. The molecule has 1 atom stereocenters. The number of ether oxygens (including phenoxy) is 4. The van der Waals surface area contributed by atoms with Crippen LogP contribution < -0.4 is 10.0 Å². The molecular weight excluding hydrogens is 941 g/mol. The van der Waals surface area contributed by atoms with E-state index in [0.717, 1.165) is 71.5 Å². The summed E-state index contributed by atoms with van der Waals surface area (Å²) in [6.45, 7) is 7.63. The molecule has 5 heterocycles. The van der Waals surface area contributed by atoms with Gasteiger partial charge in [0.15, 0.2) is 0 Å². The largest absolute Gasteiger partial charge is 0.463 e. The molecule has 4 aromatic carbocycles. The first-order chi connectivity index (χ1) is 36.1. The number of carbonyl (C=O) groups excluding carboxylic acids is 6. The maximum Gasteiger partial charge on any atom is 0.307 e. The van der Waals surface area contributed by atoms with Crippen LogP contribution in [0.25, 0.3) is 34.0 Å². The molecule has 3 aliphatic rings. The Labute approximate surface area is 431 Å². The molecular formula is C58H64N6O10. The van der Waals surface area contributed by atoms with Gasteiger partial charge < -0.3 is 28.1 Å². The number of hydrogen-bond donors (Lipinski definition) is 0. The summed E-state index contributed by atoms with van der Waals surface area (Å²) < 4.78 is 24.9. The van der Waals surface area contributed by atoms with Gasteiger partial charge in [-0.2, -0.15) is 0 Å². The van der Waals surface area contributed by atoms with Crippen molar-refractivity contribution in [2.45, 2.75) is 84.4 Å². The van der Waals surface area contributed by atoms with Gasteiger partial charge in [-0.25, -0.2) is 20.0 Å². The molecule has 16 heteroatoms. The van der Waals surface area contributed by atoms with E-state index in [1.54, 1.807) is 53.5 Å². The molecule has 6 aromatic rings. The van der Waals surface area contributed by atoms with E-state index in [2.05, 4.69) is 13.8 Å². The topological polar surface area (TPSA) is 162 Å². The number of aromatic nitrogens is 2. The zero-order valence-electron chi connectivity index (χ0n) is 42.4. The van der Waals surface area contributed by atoms with Crippen molar-refractivity contribution < 1.29 is 47.7 Å². The molecule has 1 unspecified atom stereocenters. The van der Waals surface area contributed by atoms with Crippen LogP contribution >= 0.6 is 0 Å². The van der Waals surface area contributed by atoms with Gasteiger partial charge >= 0.3 is 11.9 Å². The van der Waals surface area contributed by atoms with Crippen molar-refractivity contribution in [3.8, 4) is 0 Å². The molecule has 2 aromatic heterocycles. The lowest BCUT2D eigenvalue weighted by atomic mass is 10.1. The molecule has 3 aliphatic heterocycles. The summed E-state index contributed by atoms with van der Waals surface area (Å²) >= 11 is 0. The summed E-state index contributed by atoms with van der Waals surface area (Å²) in [6, 6.07) is 33.8. The number of amides is 4. The van der Waals surface area contributed by atoms with E-state index < -0.39 is 11.8 Å². The van der Waals surface area contributed by atoms with E-state index in [4.69, 9.17) is 18.9 Å². The number of methoxy groups -OCH3 is 1. The Kier molecular flexibility index (Phi) is 17.9. The first kappa shape index (κ1) is 52.5. The highest BCUT2D eigenvalue weighted by atomic mass is 16.6. The number of nitrogens with zero attached hydrogens (tertiary/aromatic N) is 6. The van der Waals surface area contributed by atoms with Gasteiger partial charge in [0.2, 0.25) is 0 Å². The molecule has 0 N–H and O–H groups in total. The molecule has 0 bridgehead atoms. The highest BCUT2D eigenvalue weighted by Gasteiger charge is 2.43. The fourth-order valence-corrected chi connectivity index (χ4v) is 9.23. The van der Waals surface area contributed by atoms with Crippen molar-refractivity contribution in [3.63, 3.8) is 0 Å². The number of para-hydroxylation sites is 4. The minimum Gasteiger partial charge on any atom is -0.463 e. The molecule has 4 amide bonds. The lowest BCUT2D eigenvalue weighted by Gasteiger charge is -2.27. The Hall–Kier alpha value is -7.82. The SMILES string of the molecule is CCCCN1C(=O)C(=Cc2cn(CCC(=O)OCCOC)c3ccccc23)C(=O)N1CCCC.O=C(CCn1cc(C=C2C(=O)N(c3ccccc3)N(c3ccccc3)C2=O)c2ccccc21)OCC1CCCO1. The van der Waals surface area contributed by atoms with Crippen molar-refractivity contribution >= 4 is 80.9 Å². The molecule has 74 heavy (non-hydrogen) atoms. The van der Waals surface area contributed by atoms with Gasteiger partial charge in [0, 0.05) is 85.2 Å². The molecule has 3 fully saturated rings. The minimum atomic E-state index is -0.408. The van der Waals surface area contributed by atoms with Crippen LogP contribution in [0.3, 0.4) is 0 Å². The van der Waals surface area contributed by atoms with Crippen LogP contribution in [0.4, 0.5) is 11.4 Å². The zero-order chi connectivity index (χ0) is 52.0. The number of benzene rings is 4. The molecule has 0 radical (unpaired) electrons. The van der Waals surface area contributed by atoms with E-state index >= 15 is 0 Å². The smallest absolute Gasteiger partial charge is 0.307 e. The third kappa shape index (κ3) is 12.2. The predicted molar refractivity (Wildman–Crippen MR) is 283 cm³/mol. The van der Waals surface area contributed by atoms with E-state index in [9.17, 15) is 28.8 Å². The maximum atomic E-state index is 13.8. The Balaban J connectivity index is 0.000000200. The van der Waals surface area contributed by atoms with Gasteiger partial charge in [-0.05, 0) is 74.2 Å². The van der Waals surface area contributed by atoms with E-state index in [-0.39, 0.29) is 67.1 Å². The van der Waals surface area contributed by atoms with Crippen molar-refractivity contribution in [1.29, 1.82) is 0 Å². The number of unbranched alkanes of at least 4 members (excludes halogenated alkanes) is 2. The summed E-state index contributed by atoms with van der Waals surface area (Å²) in [5.74, 6) is -1.88. The summed E-state index contributed by atoms with van der Waals surface area (Å²) in [7, 11) is 1.56. The van der Waals surface area contributed by atoms with Gasteiger partial charge in [0.05, 0.1) is 36.9 Å². The summed E-state index contributed by atoms with van der Waals surface area (Å²) in [5.41, 5.74) is 4.78. The zero-order valence-corrected chi connectivity index (χ0v) is 42.4. The average molecular weight is 1010 g/mol. The lowest BCUT2D eigenvalue weighted by Crippen LogP contribution is -2.42. The van der Waals surface area contributed by atoms with Gasteiger partial charge in [0.25, 0.3) is 23.6 Å². The Morgan fingerprint density at radius 3 is 1.50 bits per heavy atom. The third-order valence-electron chi connectivity index (χ3n) is 13.1. The minimum absolute atomic E-state index is 0.0121. The van der Waals surface area contributed by atoms with Crippen LogP contribution in [-0.2, 0) is 60.8 Å². The van der Waals surface area contributed by atoms with Crippen LogP contribution in [0.1, 0.15) is 76.3 Å². The van der Waals surface area contributed by atoms with Crippen molar-refractivity contribution in [2.24, 2.45) is 0 Å². The molecule has 386 valence electrons. The molecule has 0 aliphatic carbocycles. The number of esters is 2. The highest BCUT2D eigenvalue weighted by Crippen LogP contribution is 2.34. The Morgan fingerprint density at radius 2 is 1.04 bits per heavy atom. The van der Waals surface area contributed by atoms with Gasteiger partial charge in [-0.3, -0.25) is 28.8 Å². The van der Waals surface area contributed by atoms with Gasteiger partial charge in [-0.1, -0.05) is 99.5 Å². The fourth-order valence-electron chi connectivity index (χ4n) is 9.23. The number of anilines is 2. The normalized spacial score (nSPS) is 15.7. The molecule has 0 spiro atoms. The summed E-state index contributed by atoms with van der Waals surface area (Å²) in [4.78, 5) is 78.4. The second kappa shape index (κ2) is 25.2. The monoisotopic (exact) mass is 1000 g/mol. The van der Waals surface area contributed by atoms with Gasteiger partial charge in [-0.15, -0.1) is 0 Å². The summed E-state index contributed by atoms with van der Waals surface area (Å²) in [5, 5.41) is 7.83. The van der Waals surface area contributed by atoms with Crippen LogP contribution in [0.15, 0.2) is 133 Å². The van der Waals surface area contributed by atoms with E-state index in [1.807, 2.05) is 106 Å². The Morgan fingerprint density at radius 1 is 0.581 bits per heavy atom. The number of fused-ring (bicyclic) bond motifs is 2. The van der Waals surface area contributed by atoms with Crippen molar-refractivity contribution in [1.82, 2.24) is 19.2 Å². The van der Waals surface area contributed by atoms with Crippen LogP contribution in [0.2, 0.25) is 0 Å². The van der Waals surface area contributed by atoms with E-state index in [0.29, 0.717) is 50.8 Å². The molecule has 9 rings (SSSR count). The second-order valence-electron chi connectivity index (χ2n) is 18.2. The lowest BCUT2D eigenvalue weighted by molar-refractivity contribution is -0.147. The number of hydrazine groups is 2. The van der Waals surface area contributed by atoms with E-state index in [1.165, 1.54) is 10.0 Å². The Bertz CT molecular complexity index is 2920. The average Bonchev–Trinajstić information content (AvgIpc) is 4.25. The molecule has 3 saturated heterocycles. The quantitative estimate of drug-likeness (QED) is 0.0295. The van der Waals surface area contributed by atoms with Crippen LogP contribution in [0, 0.1) is 0 Å². The number of carbonyl (C=O) groups is 6. The number of aryl methyl sites for hydroxylation is 2. The highest BCUT2D eigenvalue weighted by molar-refractivity contribution is 6.38. The van der Waals surface area contributed by atoms with Crippen LogP contribution in [-0.4, -0.2) is 107 Å². The van der Waals surface area contributed by atoms with Crippen molar-refractivity contribution in [3.05, 3.63) is 144 Å². The molecule has 16 nitrogen and oxygen atoms in total. The molecule has 0 saturated carbocycles. The summed E-state index contributed by atoms with van der Waals surface area (Å²) in [6.07, 6.45) is 13.0. The maximum absolute atomic E-state index is 13.8. The predicted octanol–water partition coefficient (Wildman–Crippen LogP) is 8.92. The standard InChI is InChI=1S/C32H29N3O5.C26H35N3O5/c36-30(40-22-26-14-9-19-39-26)17-18-33-21-23(27-15-7-8-16-29(27)33)20-28-31(37)34(24-10-3-1-4-11-24)35(32(28)38)25-12-5-2-6-13-25;1-4-6-13-28-25(31)22(26(32)29(28)14-7-5-2)18-20-19-27(23-11-9-8-10-21(20)23)15-12-24(30)34-17-16-33-3/h1-8,10-13,15-16,20-21,26H,9,14,17-19,22H2;8-11,18-19H,4-7,12-17H2,1-3H3. The van der Waals surface area contributed by atoms with Crippen LogP contribution in [0.5, 0.6) is 0 Å². The van der Waals surface area contributed by atoms with Gasteiger partial charge in [0.1, 0.15) is 24.4 Å². The van der Waals surface area contributed by atoms with Crippen molar-refractivity contribution in [2.75, 3.05) is 56.6 Å². The number of rotatable bonds is 21. The number of hydrogen-bond acceptors (Lipinski definition) is 10. The first-order valence-corrected chi connectivity index (χ1v) is 25.5.